The molecule has 1 saturated heterocycles. The molecular formula is C13H18N2O. The van der Waals surface area contributed by atoms with Gasteiger partial charge in [-0.25, -0.2) is 0 Å². The average Bonchev–Trinajstić information content (AvgIpc) is 2.39. The summed E-state index contributed by atoms with van der Waals surface area (Å²) < 4.78 is 0. The molecule has 0 spiro atoms. The van der Waals surface area contributed by atoms with Crippen molar-refractivity contribution in [1.82, 2.24) is 10.6 Å². The fraction of sp³-hybridized carbons (Fsp3) is 0.462. The van der Waals surface area contributed by atoms with E-state index in [1.54, 1.807) is 7.05 Å². The minimum Gasteiger partial charge on any atom is -0.355 e. The maximum absolute atomic E-state index is 11.4. The molecule has 1 heterocycles. The standard InChI is InChI=1S/C13H18N2O/c1-14-13(16)11-6-4-10(5-7-11)12-3-2-8-15-9-12/h4-7,12,15H,2-3,8-9H2,1H3,(H,14,16)/t12-/m0/s1. The van der Waals surface area contributed by atoms with Crippen molar-refractivity contribution in [3.8, 4) is 0 Å². The summed E-state index contributed by atoms with van der Waals surface area (Å²) in [5.74, 6) is 0.584. The molecule has 1 fully saturated rings. The first-order chi connectivity index (χ1) is 7.81. The van der Waals surface area contributed by atoms with Crippen molar-refractivity contribution < 1.29 is 4.79 Å². The van der Waals surface area contributed by atoms with Crippen LogP contribution in [0.3, 0.4) is 0 Å². The highest BCUT2D eigenvalue weighted by atomic mass is 16.1. The van der Waals surface area contributed by atoms with Gasteiger partial charge < -0.3 is 10.6 Å². The number of hydrogen-bond donors (Lipinski definition) is 2. The Morgan fingerprint density at radius 3 is 2.69 bits per heavy atom. The van der Waals surface area contributed by atoms with Crippen molar-refractivity contribution in [3.05, 3.63) is 35.4 Å². The van der Waals surface area contributed by atoms with Gasteiger partial charge in [-0.3, -0.25) is 4.79 Å². The molecule has 0 unspecified atom stereocenters. The lowest BCUT2D eigenvalue weighted by molar-refractivity contribution is 0.0963. The van der Waals surface area contributed by atoms with Gasteiger partial charge >= 0.3 is 0 Å². The lowest BCUT2D eigenvalue weighted by atomic mass is 9.91. The highest BCUT2D eigenvalue weighted by Gasteiger charge is 2.15. The van der Waals surface area contributed by atoms with E-state index in [4.69, 9.17) is 0 Å². The summed E-state index contributed by atoms with van der Waals surface area (Å²) in [6, 6.07) is 7.95. The van der Waals surface area contributed by atoms with Crippen molar-refractivity contribution in [1.29, 1.82) is 0 Å². The highest BCUT2D eigenvalue weighted by molar-refractivity contribution is 5.93. The maximum atomic E-state index is 11.4. The molecule has 1 atom stereocenters. The van der Waals surface area contributed by atoms with E-state index in [1.165, 1.54) is 18.4 Å². The van der Waals surface area contributed by atoms with Crippen LogP contribution in [0.5, 0.6) is 0 Å². The second-order valence-corrected chi connectivity index (χ2v) is 4.24. The molecule has 1 amide bonds. The summed E-state index contributed by atoms with van der Waals surface area (Å²) >= 11 is 0. The van der Waals surface area contributed by atoms with Crippen LogP contribution in [-0.2, 0) is 0 Å². The molecule has 0 saturated carbocycles. The number of carbonyl (C=O) groups excluding carboxylic acids is 1. The van der Waals surface area contributed by atoms with Crippen molar-refractivity contribution in [2.75, 3.05) is 20.1 Å². The van der Waals surface area contributed by atoms with E-state index in [0.29, 0.717) is 5.92 Å². The number of piperidine rings is 1. The Hall–Kier alpha value is -1.35. The smallest absolute Gasteiger partial charge is 0.251 e. The van der Waals surface area contributed by atoms with Crippen LogP contribution in [0.25, 0.3) is 0 Å². The second kappa shape index (κ2) is 5.12. The van der Waals surface area contributed by atoms with E-state index in [-0.39, 0.29) is 5.91 Å². The predicted octanol–water partition coefficient (Wildman–Crippen LogP) is 1.51. The van der Waals surface area contributed by atoms with Gasteiger partial charge in [0.15, 0.2) is 0 Å². The third kappa shape index (κ3) is 2.42. The monoisotopic (exact) mass is 218 g/mol. The molecule has 0 aliphatic carbocycles. The molecule has 2 N–H and O–H groups in total. The number of benzene rings is 1. The van der Waals surface area contributed by atoms with Gasteiger partial charge in [-0.15, -0.1) is 0 Å². The summed E-state index contributed by atoms with van der Waals surface area (Å²) in [4.78, 5) is 11.4. The predicted molar refractivity (Wildman–Crippen MR) is 64.7 cm³/mol. The van der Waals surface area contributed by atoms with Crippen molar-refractivity contribution >= 4 is 5.91 Å². The van der Waals surface area contributed by atoms with Crippen LogP contribution in [-0.4, -0.2) is 26.0 Å². The first-order valence-electron chi connectivity index (χ1n) is 5.84. The molecule has 1 aromatic rings. The third-order valence-electron chi connectivity index (χ3n) is 3.17. The summed E-state index contributed by atoms with van der Waals surface area (Å²) in [7, 11) is 1.65. The quantitative estimate of drug-likeness (QED) is 0.790. The van der Waals surface area contributed by atoms with Crippen LogP contribution in [0.15, 0.2) is 24.3 Å². The largest absolute Gasteiger partial charge is 0.355 e. The zero-order chi connectivity index (χ0) is 11.4. The van der Waals surface area contributed by atoms with Crippen molar-refractivity contribution in [2.45, 2.75) is 18.8 Å². The van der Waals surface area contributed by atoms with Crippen LogP contribution in [0.4, 0.5) is 0 Å². The first-order valence-corrected chi connectivity index (χ1v) is 5.84. The molecule has 86 valence electrons. The zero-order valence-electron chi connectivity index (χ0n) is 9.62. The Morgan fingerprint density at radius 2 is 2.12 bits per heavy atom. The van der Waals surface area contributed by atoms with Gasteiger partial charge in [0.25, 0.3) is 5.91 Å². The van der Waals surface area contributed by atoms with Crippen LogP contribution in [0, 0.1) is 0 Å². The minimum atomic E-state index is -0.0201. The van der Waals surface area contributed by atoms with Gasteiger partial charge in [-0.1, -0.05) is 12.1 Å². The van der Waals surface area contributed by atoms with Gasteiger partial charge in [0.05, 0.1) is 0 Å². The topological polar surface area (TPSA) is 41.1 Å². The summed E-state index contributed by atoms with van der Waals surface area (Å²) in [6.07, 6.45) is 2.48. The van der Waals surface area contributed by atoms with Gasteiger partial charge in [0.1, 0.15) is 0 Å². The van der Waals surface area contributed by atoms with Gasteiger partial charge in [0.2, 0.25) is 0 Å². The van der Waals surface area contributed by atoms with Crippen molar-refractivity contribution in [3.63, 3.8) is 0 Å². The molecule has 3 nitrogen and oxygen atoms in total. The molecule has 0 radical (unpaired) electrons. The van der Waals surface area contributed by atoms with Crippen LogP contribution >= 0.6 is 0 Å². The second-order valence-electron chi connectivity index (χ2n) is 4.24. The Morgan fingerprint density at radius 1 is 1.38 bits per heavy atom. The molecule has 2 rings (SSSR count). The molecular weight excluding hydrogens is 200 g/mol. The van der Waals surface area contributed by atoms with Crippen LogP contribution in [0.1, 0.15) is 34.7 Å². The fourth-order valence-electron chi connectivity index (χ4n) is 2.19. The lowest BCUT2D eigenvalue weighted by Gasteiger charge is -2.23. The van der Waals surface area contributed by atoms with Crippen LogP contribution in [0.2, 0.25) is 0 Å². The number of amides is 1. The van der Waals surface area contributed by atoms with E-state index in [0.717, 1.165) is 18.7 Å². The van der Waals surface area contributed by atoms with E-state index in [2.05, 4.69) is 22.8 Å². The van der Waals surface area contributed by atoms with Gasteiger partial charge in [-0.2, -0.15) is 0 Å². The average molecular weight is 218 g/mol. The highest BCUT2D eigenvalue weighted by Crippen LogP contribution is 2.23. The number of hydrogen-bond acceptors (Lipinski definition) is 2. The zero-order valence-corrected chi connectivity index (χ0v) is 9.62. The normalized spacial score (nSPS) is 20.4. The first kappa shape index (κ1) is 11.1. The number of carbonyl (C=O) groups is 1. The molecule has 1 aromatic carbocycles. The molecule has 0 bridgehead atoms. The Labute approximate surface area is 96.2 Å². The van der Waals surface area contributed by atoms with E-state index in [9.17, 15) is 4.79 Å². The summed E-state index contributed by atoms with van der Waals surface area (Å²) in [6.45, 7) is 2.19. The molecule has 0 aromatic heterocycles. The molecule has 3 heteroatoms. The molecule has 16 heavy (non-hydrogen) atoms. The third-order valence-corrected chi connectivity index (χ3v) is 3.17. The fourth-order valence-corrected chi connectivity index (χ4v) is 2.19. The Bertz CT molecular complexity index is 353. The van der Waals surface area contributed by atoms with E-state index < -0.39 is 0 Å². The maximum Gasteiger partial charge on any atom is 0.251 e. The lowest BCUT2D eigenvalue weighted by Crippen LogP contribution is -2.28. The van der Waals surface area contributed by atoms with E-state index >= 15 is 0 Å². The number of rotatable bonds is 2. The Balaban J connectivity index is 2.09. The SMILES string of the molecule is CNC(=O)c1ccc([C@H]2CCCNC2)cc1. The summed E-state index contributed by atoms with van der Waals surface area (Å²) in [5, 5.41) is 6.03. The van der Waals surface area contributed by atoms with Gasteiger partial charge in [0, 0.05) is 19.2 Å². The molecule has 1 aliphatic rings. The Kier molecular flexibility index (Phi) is 3.57. The number of nitrogens with one attached hydrogen (secondary N) is 2. The van der Waals surface area contributed by atoms with Gasteiger partial charge in [-0.05, 0) is 43.0 Å². The van der Waals surface area contributed by atoms with E-state index in [1.807, 2.05) is 12.1 Å². The van der Waals surface area contributed by atoms with Crippen LogP contribution < -0.4 is 10.6 Å². The summed E-state index contributed by atoms with van der Waals surface area (Å²) in [5.41, 5.74) is 2.06. The van der Waals surface area contributed by atoms with Crippen molar-refractivity contribution in [2.24, 2.45) is 0 Å². The molecule has 1 aliphatic heterocycles. The minimum absolute atomic E-state index is 0.0201.